The molecule has 1 heterocycles. The fraction of sp³-hybridized carbons (Fsp3) is 0.0345. The molecule has 1 aromatic heterocycles. The number of nitrogen functional groups attached to an aromatic ring is 2. The molecule has 0 aliphatic heterocycles. The molecule has 0 aliphatic carbocycles. The molecule has 33 heavy (non-hydrogen) atoms. The van der Waals surface area contributed by atoms with Gasteiger partial charge in [0.15, 0.2) is 0 Å². The molecule has 4 heteroatoms. The summed E-state index contributed by atoms with van der Waals surface area (Å²) in [5.41, 5.74) is 19.5. The van der Waals surface area contributed by atoms with E-state index in [2.05, 4.69) is 65.2 Å². The van der Waals surface area contributed by atoms with Gasteiger partial charge in [-0.15, -0.1) is 0 Å². The number of nitrogens with two attached hydrogens (primary N) is 2. The fourth-order valence-electron chi connectivity index (χ4n) is 4.83. The second-order valence-corrected chi connectivity index (χ2v) is 8.30. The third-order valence-electron chi connectivity index (χ3n) is 6.32. The van der Waals surface area contributed by atoms with Crippen molar-refractivity contribution in [3.63, 3.8) is 0 Å². The molecule has 0 unspecified atom stereocenters. The second-order valence-electron chi connectivity index (χ2n) is 8.30. The smallest absolute Gasteiger partial charge is 0.118 e. The van der Waals surface area contributed by atoms with Crippen molar-refractivity contribution in [2.75, 3.05) is 18.6 Å². The highest BCUT2D eigenvalue weighted by Gasteiger charge is 2.19. The summed E-state index contributed by atoms with van der Waals surface area (Å²) in [5, 5.41) is 4.55. The minimum atomic E-state index is 0.715. The van der Waals surface area contributed by atoms with Crippen molar-refractivity contribution < 1.29 is 4.74 Å². The van der Waals surface area contributed by atoms with Crippen LogP contribution in [0.5, 0.6) is 5.75 Å². The number of nitrogens with zero attached hydrogens (tertiary/aromatic N) is 1. The van der Waals surface area contributed by atoms with Crippen LogP contribution in [-0.2, 0) is 0 Å². The molecular formula is C29H23N3O. The number of benzene rings is 5. The van der Waals surface area contributed by atoms with Crippen LogP contribution >= 0.6 is 0 Å². The molecule has 160 valence electrons. The van der Waals surface area contributed by atoms with Crippen LogP contribution in [0.15, 0.2) is 97.1 Å². The van der Waals surface area contributed by atoms with Gasteiger partial charge in [0, 0.05) is 33.1 Å². The van der Waals surface area contributed by atoms with E-state index in [4.69, 9.17) is 16.2 Å². The molecule has 0 bridgehead atoms. The van der Waals surface area contributed by atoms with Gasteiger partial charge in [0.1, 0.15) is 5.75 Å². The number of aromatic nitrogens is 1. The summed E-state index contributed by atoms with van der Waals surface area (Å²) in [7, 11) is 1.68. The van der Waals surface area contributed by atoms with Gasteiger partial charge in [-0.2, -0.15) is 0 Å². The first-order chi connectivity index (χ1) is 16.1. The van der Waals surface area contributed by atoms with Crippen molar-refractivity contribution in [2.45, 2.75) is 0 Å². The van der Waals surface area contributed by atoms with E-state index in [1.54, 1.807) is 7.11 Å². The summed E-state index contributed by atoms with van der Waals surface area (Å²) in [5.74, 6) is 0.821. The third-order valence-corrected chi connectivity index (χ3v) is 6.32. The molecule has 0 radical (unpaired) electrons. The predicted octanol–water partition coefficient (Wildman–Crippen LogP) is 6.78. The highest BCUT2D eigenvalue weighted by molar-refractivity contribution is 6.16. The van der Waals surface area contributed by atoms with Gasteiger partial charge in [-0.05, 0) is 59.5 Å². The lowest BCUT2D eigenvalue weighted by molar-refractivity contribution is 0.415. The maximum absolute atomic E-state index is 6.42. The molecule has 0 saturated heterocycles. The molecule has 0 amide bonds. The van der Waals surface area contributed by atoms with Gasteiger partial charge in [0.2, 0.25) is 0 Å². The molecule has 0 atom stereocenters. The standard InChI is InChI=1S/C29H23N3O/c1-33-22-12-9-19(10-13-22)24-16-21(31)17-26-25-15-20(30)11-14-28(25)32(29(24)26)27-8-4-6-18-5-2-3-7-23(18)27/h2-17H,30-31H2,1H3. The average Bonchev–Trinajstić information content (AvgIpc) is 3.16. The van der Waals surface area contributed by atoms with Crippen molar-refractivity contribution in [3.8, 4) is 22.6 Å². The minimum absolute atomic E-state index is 0.715. The van der Waals surface area contributed by atoms with Gasteiger partial charge in [0.25, 0.3) is 0 Å². The summed E-state index contributed by atoms with van der Waals surface area (Å²) in [6.45, 7) is 0. The van der Waals surface area contributed by atoms with E-state index in [9.17, 15) is 0 Å². The van der Waals surface area contributed by atoms with Crippen LogP contribution in [0.3, 0.4) is 0 Å². The number of methoxy groups -OCH3 is 1. The van der Waals surface area contributed by atoms with Gasteiger partial charge in [0.05, 0.1) is 23.8 Å². The summed E-state index contributed by atoms with van der Waals surface area (Å²) in [6.07, 6.45) is 0. The zero-order chi connectivity index (χ0) is 22.5. The van der Waals surface area contributed by atoms with E-state index in [1.165, 1.54) is 10.8 Å². The van der Waals surface area contributed by atoms with Crippen LogP contribution in [0.2, 0.25) is 0 Å². The van der Waals surface area contributed by atoms with Crippen molar-refractivity contribution in [3.05, 3.63) is 97.1 Å². The average molecular weight is 430 g/mol. The Bertz CT molecular complexity index is 1660. The predicted molar refractivity (Wildman–Crippen MR) is 139 cm³/mol. The summed E-state index contributed by atoms with van der Waals surface area (Å²) >= 11 is 0. The van der Waals surface area contributed by atoms with Crippen LogP contribution in [0.1, 0.15) is 0 Å². The Balaban J connectivity index is 1.81. The number of fused-ring (bicyclic) bond motifs is 4. The maximum Gasteiger partial charge on any atom is 0.118 e. The molecule has 6 rings (SSSR count). The van der Waals surface area contributed by atoms with E-state index in [0.29, 0.717) is 5.69 Å². The van der Waals surface area contributed by atoms with Gasteiger partial charge in [-0.25, -0.2) is 0 Å². The number of hydrogen-bond acceptors (Lipinski definition) is 3. The first-order valence-electron chi connectivity index (χ1n) is 10.9. The van der Waals surface area contributed by atoms with Crippen LogP contribution < -0.4 is 16.2 Å². The van der Waals surface area contributed by atoms with Crippen LogP contribution in [0.4, 0.5) is 11.4 Å². The van der Waals surface area contributed by atoms with Crippen molar-refractivity contribution in [1.29, 1.82) is 0 Å². The Labute approximate surface area is 191 Å². The van der Waals surface area contributed by atoms with Crippen molar-refractivity contribution in [2.24, 2.45) is 0 Å². The Morgan fingerprint density at radius 1 is 0.667 bits per heavy atom. The zero-order valence-electron chi connectivity index (χ0n) is 18.2. The van der Waals surface area contributed by atoms with Gasteiger partial charge >= 0.3 is 0 Å². The topological polar surface area (TPSA) is 66.2 Å². The summed E-state index contributed by atoms with van der Waals surface area (Å²) in [6, 6.07) is 33.2. The molecule has 0 fully saturated rings. The van der Waals surface area contributed by atoms with E-state index in [-0.39, 0.29) is 0 Å². The maximum atomic E-state index is 6.42. The van der Waals surface area contributed by atoms with Crippen LogP contribution in [0, 0.1) is 0 Å². The van der Waals surface area contributed by atoms with Gasteiger partial charge in [-0.3, -0.25) is 0 Å². The fourth-order valence-corrected chi connectivity index (χ4v) is 4.83. The highest BCUT2D eigenvalue weighted by atomic mass is 16.5. The zero-order valence-corrected chi connectivity index (χ0v) is 18.2. The van der Waals surface area contributed by atoms with E-state index in [0.717, 1.165) is 50.1 Å². The Morgan fingerprint density at radius 3 is 2.24 bits per heavy atom. The number of hydrogen-bond donors (Lipinski definition) is 2. The first kappa shape index (κ1) is 19.3. The van der Waals surface area contributed by atoms with Crippen LogP contribution in [0.25, 0.3) is 49.4 Å². The number of anilines is 2. The number of ether oxygens (including phenoxy) is 1. The van der Waals surface area contributed by atoms with E-state index >= 15 is 0 Å². The van der Waals surface area contributed by atoms with Gasteiger partial charge in [-0.1, -0.05) is 48.5 Å². The summed E-state index contributed by atoms with van der Waals surface area (Å²) in [4.78, 5) is 0. The Kier molecular flexibility index (Phi) is 4.27. The molecule has 4 nitrogen and oxygen atoms in total. The number of rotatable bonds is 3. The minimum Gasteiger partial charge on any atom is -0.497 e. The molecule has 5 aromatic carbocycles. The Hall–Kier alpha value is -4.44. The lowest BCUT2D eigenvalue weighted by Gasteiger charge is -2.15. The molecule has 0 saturated carbocycles. The quantitative estimate of drug-likeness (QED) is 0.305. The SMILES string of the molecule is COc1ccc(-c2cc(N)cc3c4cc(N)ccc4n(-c4cccc5ccccc45)c23)cc1. The normalized spacial score (nSPS) is 11.4. The highest BCUT2D eigenvalue weighted by Crippen LogP contribution is 2.41. The third kappa shape index (κ3) is 2.99. The molecular weight excluding hydrogens is 406 g/mol. The van der Waals surface area contributed by atoms with Crippen LogP contribution in [-0.4, -0.2) is 11.7 Å². The monoisotopic (exact) mass is 429 g/mol. The van der Waals surface area contributed by atoms with Gasteiger partial charge < -0.3 is 20.8 Å². The molecule has 0 spiro atoms. The molecule has 4 N–H and O–H groups in total. The first-order valence-corrected chi connectivity index (χ1v) is 10.9. The molecule has 0 aliphatic rings. The Morgan fingerprint density at radius 2 is 1.42 bits per heavy atom. The largest absolute Gasteiger partial charge is 0.497 e. The van der Waals surface area contributed by atoms with E-state index in [1.807, 2.05) is 36.4 Å². The van der Waals surface area contributed by atoms with Crippen molar-refractivity contribution in [1.82, 2.24) is 4.57 Å². The summed E-state index contributed by atoms with van der Waals surface area (Å²) < 4.78 is 7.71. The van der Waals surface area contributed by atoms with E-state index < -0.39 is 0 Å². The second kappa shape index (κ2) is 7.31. The molecule has 6 aromatic rings. The lowest BCUT2D eigenvalue weighted by atomic mass is 10.0. The lowest BCUT2D eigenvalue weighted by Crippen LogP contribution is -1.98. The van der Waals surface area contributed by atoms with Crippen molar-refractivity contribution >= 4 is 44.0 Å².